The summed E-state index contributed by atoms with van der Waals surface area (Å²) in [6, 6.07) is 5.31. The number of ether oxygens (including phenoxy) is 3. The minimum absolute atomic E-state index is 0.0883. The number of halogens is 1. The molecule has 5 N–H and O–H groups in total. The summed E-state index contributed by atoms with van der Waals surface area (Å²) in [4.78, 5) is 39.8. The molecule has 11 heteroatoms. The van der Waals surface area contributed by atoms with E-state index in [1.165, 1.54) is 4.43 Å². The van der Waals surface area contributed by atoms with Crippen LogP contribution in [0.4, 0.5) is 4.79 Å². The molecule has 0 aromatic heterocycles. The number of hydrogen-bond acceptors (Lipinski definition) is 7. The summed E-state index contributed by atoms with van der Waals surface area (Å²) in [6.45, 7) is 14.1. The van der Waals surface area contributed by atoms with Crippen LogP contribution in [-0.4, -0.2) is 71.4 Å². The molecular formula is C33H57IN3O7-. The van der Waals surface area contributed by atoms with Gasteiger partial charge in [0.2, 0.25) is 11.8 Å². The second-order valence-electron chi connectivity index (χ2n) is 12.7. The van der Waals surface area contributed by atoms with Crippen LogP contribution in [0, 0.1) is 29.1 Å². The Bertz CT molecular complexity index is 1030. The number of aliphatic hydroxyl groups excluding tert-OH is 1. The number of aliphatic hydroxyl groups is 1. The van der Waals surface area contributed by atoms with Gasteiger partial charge in [-0.25, -0.2) is 4.79 Å². The Labute approximate surface area is 275 Å². The van der Waals surface area contributed by atoms with E-state index in [0.29, 0.717) is 30.9 Å². The number of benzene rings is 1. The van der Waals surface area contributed by atoms with Crippen LogP contribution in [0.2, 0.25) is 0 Å². The van der Waals surface area contributed by atoms with Crippen LogP contribution in [0.1, 0.15) is 73.3 Å². The number of alkyl halides is 2. The molecule has 44 heavy (non-hydrogen) atoms. The number of carbonyl (C=O) groups is 3. The first-order valence-electron chi connectivity index (χ1n) is 15.6. The molecule has 0 unspecified atom stereocenters. The molecule has 0 aliphatic heterocycles. The first-order valence-corrected chi connectivity index (χ1v) is 19.3. The maximum atomic E-state index is 13.2. The van der Waals surface area contributed by atoms with Crippen LogP contribution >= 0.6 is 0 Å². The van der Waals surface area contributed by atoms with E-state index in [4.69, 9.17) is 19.9 Å². The third kappa shape index (κ3) is 13.8. The van der Waals surface area contributed by atoms with Crippen molar-refractivity contribution in [1.82, 2.24) is 10.6 Å². The molecule has 0 radical (unpaired) electrons. The normalized spacial score (nSPS) is 14.5. The van der Waals surface area contributed by atoms with Gasteiger partial charge in [-0.1, -0.05) is 13.8 Å². The molecule has 3 amide bonds. The van der Waals surface area contributed by atoms with Crippen molar-refractivity contribution in [1.29, 1.82) is 0 Å². The minimum Gasteiger partial charge on any atom is -0.391 e. The van der Waals surface area contributed by atoms with Crippen molar-refractivity contribution in [3.8, 4) is 11.5 Å². The molecule has 0 aliphatic rings. The first-order chi connectivity index (χ1) is 20.7. The predicted octanol–water partition coefficient (Wildman–Crippen LogP) is 1.15. The number of hydrogen-bond donors (Lipinski definition) is 4. The van der Waals surface area contributed by atoms with E-state index in [1.54, 1.807) is 27.9 Å². The molecular weight excluding hydrogens is 677 g/mol. The fourth-order valence-corrected chi connectivity index (χ4v) is 5.89. The molecule has 0 saturated carbocycles. The second kappa shape index (κ2) is 20.0. The molecule has 0 saturated heterocycles. The summed E-state index contributed by atoms with van der Waals surface area (Å²) in [5.41, 5.74) is 5.64. The van der Waals surface area contributed by atoms with E-state index in [-0.39, 0.29) is 64.4 Å². The molecule has 1 aromatic rings. The summed E-state index contributed by atoms with van der Waals surface area (Å²) in [6.07, 6.45) is 0.692. The van der Waals surface area contributed by atoms with Crippen LogP contribution in [0.3, 0.4) is 0 Å². The zero-order chi connectivity index (χ0) is 33.4. The van der Waals surface area contributed by atoms with Crippen molar-refractivity contribution in [2.24, 2.45) is 34.8 Å². The summed E-state index contributed by atoms with van der Waals surface area (Å²) >= 11 is 0.230. The van der Waals surface area contributed by atoms with Gasteiger partial charge in [0.15, 0.2) is 0 Å². The topological polar surface area (TPSA) is 149 Å². The van der Waals surface area contributed by atoms with Crippen LogP contribution in [0.5, 0.6) is 11.5 Å². The van der Waals surface area contributed by atoms with Crippen LogP contribution in [0.15, 0.2) is 18.2 Å². The molecule has 254 valence electrons. The SMILES string of the molecule is CCOC(=O)N[C@@H](C[C@H](Cc1ccc(OC)c(OCCC[I-]C)c1)C(C)C)[C@@H](O)C[C@H](C(=O)NCC(C)(C)C(N)=O)C(C)C. The molecule has 0 fully saturated rings. The number of rotatable bonds is 21. The van der Waals surface area contributed by atoms with Crippen LogP contribution in [0.25, 0.3) is 0 Å². The number of amides is 3. The zero-order valence-corrected chi connectivity index (χ0v) is 30.4. The standard InChI is InChI=1S/C33H57IN3O7/c1-10-43-32(41)37-26(27(38)19-25(22(4)5)30(39)36-20-33(6,7)31(35)40)18-24(21(2)3)16-23-12-13-28(42-9)29(17-23)44-15-11-14-34-8/h12-13,17,21-22,24-27,38H,10-11,14-16,18-20H2,1-9H3,(H2,35,40)(H,36,39)(H,37,41)/q-1/t24-,25-,26-,27-/m0/s1. The van der Waals surface area contributed by atoms with Gasteiger partial charge in [-0.15, -0.1) is 0 Å². The van der Waals surface area contributed by atoms with Gasteiger partial charge in [-0.2, -0.15) is 0 Å². The van der Waals surface area contributed by atoms with Crippen molar-refractivity contribution >= 4 is 17.9 Å². The average Bonchev–Trinajstić information content (AvgIpc) is 2.95. The van der Waals surface area contributed by atoms with E-state index in [1.807, 2.05) is 32.0 Å². The maximum absolute atomic E-state index is 13.2. The molecule has 10 nitrogen and oxygen atoms in total. The van der Waals surface area contributed by atoms with Gasteiger partial charge in [0, 0.05) is 12.5 Å². The molecule has 0 spiro atoms. The first kappa shape index (κ1) is 39.7. The van der Waals surface area contributed by atoms with E-state index < -0.39 is 35.5 Å². The van der Waals surface area contributed by atoms with Crippen molar-refractivity contribution < 1.29 is 54.9 Å². The monoisotopic (exact) mass is 734 g/mol. The van der Waals surface area contributed by atoms with Gasteiger partial charge in [-0.3, -0.25) is 9.59 Å². The third-order valence-corrected chi connectivity index (χ3v) is 9.84. The molecule has 0 bridgehead atoms. The number of methoxy groups -OCH3 is 1. The number of carbonyl (C=O) groups excluding carboxylic acids is 3. The third-order valence-electron chi connectivity index (χ3n) is 8.00. The van der Waals surface area contributed by atoms with Gasteiger partial charge in [0.05, 0.1) is 12.0 Å². The van der Waals surface area contributed by atoms with Gasteiger partial charge >= 0.3 is 158 Å². The molecule has 1 rings (SSSR count). The zero-order valence-electron chi connectivity index (χ0n) is 28.2. The summed E-state index contributed by atoms with van der Waals surface area (Å²) < 4.78 is 18.0. The van der Waals surface area contributed by atoms with Crippen molar-refractivity contribution in [3.05, 3.63) is 23.8 Å². The quantitative estimate of drug-likeness (QED) is 0.0842. The number of nitrogens with one attached hydrogen (secondary N) is 2. The number of nitrogens with two attached hydrogens (primary N) is 1. The minimum atomic E-state index is -1.01. The van der Waals surface area contributed by atoms with Gasteiger partial charge in [-0.05, 0) is 33.1 Å². The van der Waals surface area contributed by atoms with Crippen molar-refractivity contribution in [3.63, 3.8) is 0 Å². The Morgan fingerprint density at radius 1 is 1.07 bits per heavy atom. The van der Waals surface area contributed by atoms with Crippen molar-refractivity contribution in [2.45, 2.75) is 86.3 Å². The summed E-state index contributed by atoms with van der Waals surface area (Å²) in [7, 11) is 1.63. The summed E-state index contributed by atoms with van der Waals surface area (Å²) in [5.74, 6) is 0.306. The Hall–Kier alpha value is -2.28. The molecule has 4 atom stereocenters. The molecule has 0 aliphatic carbocycles. The summed E-state index contributed by atoms with van der Waals surface area (Å²) in [5, 5.41) is 17.2. The van der Waals surface area contributed by atoms with E-state index in [0.717, 1.165) is 12.0 Å². The fourth-order valence-electron chi connectivity index (χ4n) is 4.82. The molecule has 0 heterocycles. The number of primary amides is 1. The molecule has 1 aromatic carbocycles. The van der Waals surface area contributed by atoms with E-state index >= 15 is 0 Å². The van der Waals surface area contributed by atoms with Gasteiger partial charge < -0.3 is 20.9 Å². The van der Waals surface area contributed by atoms with E-state index in [2.05, 4.69) is 29.4 Å². The Morgan fingerprint density at radius 2 is 1.75 bits per heavy atom. The number of alkyl carbamates (subject to hydrolysis) is 1. The van der Waals surface area contributed by atoms with Crippen molar-refractivity contribution in [2.75, 3.05) is 36.2 Å². The van der Waals surface area contributed by atoms with Crippen LogP contribution in [-0.2, 0) is 20.7 Å². The second-order valence-corrected chi connectivity index (χ2v) is 15.3. The Balaban J connectivity index is 3.18. The predicted molar refractivity (Wildman–Crippen MR) is 169 cm³/mol. The van der Waals surface area contributed by atoms with Gasteiger partial charge in [0.1, 0.15) is 0 Å². The fraction of sp³-hybridized carbons (Fsp3) is 0.727. The smallest absolute Gasteiger partial charge is 0.391 e. The average molecular weight is 735 g/mol. The van der Waals surface area contributed by atoms with Crippen LogP contribution < -0.4 is 47.0 Å². The Kier molecular flexibility index (Phi) is 18.0. The van der Waals surface area contributed by atoms with Gasteiger partial charge in [0.25, 0.3) is 0 Å². The Morgan fingerprint density at radius 3 is 2.30 bits per heavy atom. The van der Waals surface area contributed by atoms with E-state index in [9.17, 15) is 19.5 Å².